The third-order valence-electron chi connectivity index (χ3n) is 1.46. The van der Waals surface area contributed by atoms with Crippen molar-refractivity contribution >= 4 is 15.9 Å². The SMILES string of the molecule is CCn1ncnc1CC(C)Br. The summed E-state index contributed by atoms with van der Waals surface area (Å²) in [6.45, 7) is 5.07. The minimum absolute atomic E-state index is 0.469. The van der Waals surface area contributed by atoms with Crippen molar-refractivity contribution in [1.82, 2.24) is 14.8 Å². The maximum absolute atomic E-state index is 4.15. The standard InChI is InChI=1S/C7H12BrN3/c1-3-11-7(4-6(2)8)9-5-10-11/h5-6H,3-4H2,1-2H3. The van der Waals surface area contributed by atoms with Crippen molar-refractivity contribution in [3.05, 3.63) is 12.2 Å². The van der Waals surface area contributed by atoms with Crippen LogP contribution in [0.3, 0.4) is 0 Å². The lowest BCUT2D eigenvalue weighted by molar-refractivity contribution is 0.612. The van der Waals surface area contributed by atoms with Crippen LogP contribution in [0.15, 0.2) is 6.33 Å². The summed E-state index contributed by atoms with van der Waals surface area (Å²) < 4.78 is 1.91. The van der Waals surface area contributed by atoms with Gasteiger partial charge >= 0.3 is 0 Å². The Labute approximate surface area is 75.0 Å². The number of aryl methyl sites for hydroxylation is 1. The Bertz CT molecular complexity index is 219. The highest BCUT2D eigenvalue weighted by Gasteiger charge is 2.04. The van der Waals surface area contributed by atoms with Crippen LogP contribution in [-0.2, 0) is 13.0 Å². The number of hydrogen-bond donors (Lipinski definition) is 0. The normalized spacial score (nSPS) is 13.4. The van der Waals surface area contributed by atoms with E-state index >= 15 is 0 Å². The molecule has 0 aliphatic rings. The molecule has 1 aromatic rings. The minimum Gasteiger partial charge on any atom is -0.250 e. The van der Waals surface area contributed by atoms with Gasteiger partial charge in [-0.25, -0.2) is 4.98 Å². The van der Waals surface area contributed by atoms with E-state index in [2.05, 4.69) is 39.9 Å². The number of halogens is 1. The maximum Gasteiger partial charge on any atom is 0.138 e. The highest BCUT2D eigenvalue weighted by atomic mass is 79.9. The zero-order chi connectivity index (χ0) is 8.27. The van der Waals surface area contributed by atoms with Crippen LogP contribution in [0.2, 0.25) is 0 Å². The molecule has 1 heterocycles. The Kier molecular flexibility index (Phi) is 3.05. The zero-order valence-corrected chi connectivity index (χ0v) is 8.37. The molecule has 0 aliphatic carbocycles. The first-order chi connectivity index (χ1) is 5.24. The fraction of sp³-hybridized carbons (Fsp3) is 0.714. The van der Waals surface area contributed by atoms with Gasteiger partial charge in [0, 0.05) is 17.8 Å². The first kappa shape index (κ1) is 8.71. The Hall–Kier alpha value is -0.380. The summed E-state index contributed by atoms with van der Waals surface area (Å²) >= 11 is 3.48. The number of aromatic nitrogens is 3. The van der Waals surface area contributed by atoms with E-state index in [1.165, 1.54) is 0 Å². The zero-order valence-electron chi connectivity index (χ0n) is 6.79. The fourth-order valence-electron chi connectivity index (χ4n) is 0.962. The van der Waals surface area contributed by atoms with Crippen molar-refractivity contribution in [3.8, 4) is 0 Å². The molecule has 0 bridgehead atoms. The molecule has 0 amide bonds. The van der Waals surface area contributed by atoms with Crippen LogP contribution in [0.1, 0.15) is 19.7 Å². The Morgan fingerprint density at radius 2 is 2.45 bits per heavy atom. The van der Waals surface area contributed by atoms with Gasteiger partial charge in [0.1, 0.15) is 12.2 Å². The molecule has 0 N–H and O–H groups in total. The lowest BCUT2D eigenvalue weighted by Crippen LogP contribution is -2.07. The van der Waals surface area contributed by atoms with Gasteiger partial charge in [0.25, 0.3) is 0 Å². The largest absolute Gasteiger partial charge is 0.250 e. The van der Waals surface area contributed by atoms with Crippen molar-refractivity contribution in [1.29, 1.82) is 0 Å². The molecule has 1 unspecified atom stereocenters. The second-order valence-electron chi connectivity index (χ2n) is 2.48. The monoisotopic (exact) mass is 217 g/mol. The molecule has 0 aromatic carbocycles. The third-order valence-corrected chi connectivity index (χ3v) is 1.78. The Morgan fingerprint density at radius 1 is 1.73 bits per heavy atom. The number of hydrogen-bond acceptors (Lipinski definition) is 2. The minimum atomic E-state index is 0.469. The molecule has 0 saturated heterocycles. The molecular formula is C7H12BrN3. The summed E-state index contributed by atoms with van der Waals surface area (Å²) in [6.07, 6.45) is 2.54. The summed E-state index contributed by atoms with van der Waals surface area (Å²) in [5, 5.41) is 4.07. The predicted octanol–water partition coefficient (Wildman–Crippen LogP) is 1.62. The second-order valence-corrected chi connectivity index (χ2v) is 4.04. The van der Waals surface area contributed by atoms with E-state index in [1.54, 1.807) is 6.33 Å². The van der Waals surface area contributed by atoms with Crippen molar-refractivity contribution in [3.63, 3.8) is 0 Å². The lowest BCUT2D eigenvalue weighted by atomic mass is 10.3. The first-order valence-corrected chi connectivity index (χ1v) is 4.66. The van der Waals surface area contributed by atoms with Crippen LogP contribution in [-0.4, -0.2) is 19.6 Å². The summed E-state index contributed by atoms with van der Waals surface area (Å²) in [4.78, 5) is 4.62. The Balaban J connectivity index is 2.68. The quantitative estimate of drug-likeness (QED) is 0.722. The molecular weight excluding hydrogens is 206 g/mol. The van der Waals surface area contributed by atoms with Crippen LogP contribution in [0, 0.1) is 0 Å². The number of alkyl halides is 1. The van der Waals surface area contributed by atoms with E-state index < -0.39 is 0 Å². The van der Waals surface area contributed by atoms with Gasteiger partial charge < -0.3 is 0 Å². The lowest BCUT2D eigenvalue weighted by Gasteiger charge is -2.03. The molecule has 0 radical (unpaired) electrons. The smallest absolute Gasteiger partial charge is 0.138 e. The topological polar surface area (TPSA) is 30.7 Å². The fourth-order valence-corrected chi connectivity index (χ4v) is 1.25. The highest BCUT2D eigenvalue weighted by molar-refractivity contribution is 9.09. The van der Waals surface area contributed by atoms with Crippen molar-refractivity contribution in [2.45, 2.75) is 31.6 Å². The molecule has 1 rings (SSSR count). The highest BCUT2D eigenvalue weighted by Crippen LogP contribution is 2.05. The van der Waals surface area contributed by atoms with E-state index in [-0.39, 0.29) is 0 Å². The van der Waals surface area contributed by atoms with Gasteiger partial charge in [0.15, 0.2) is 0 Å². The van der Waals surface area contributed by atoms with Crippen molar-refractivity contribution in [2.75, 3.05) is 0 Å². The third kappa shape index (κ3) is 2.29. The summed E-state index contributed by atoms with van der Waals surface area (Å²) in [5.41, 5.74) is 0. The van der Waals surface area contributed by atoms with E-state index in [4.69, 9.17) is 0 Å². The van der Waals surface area contributed by atoms with Crippen LogP contribution in [0.5, 0.6) is 0 Å². The molecule has 11 heavy (non-hydrogen) atoms. The number of rotatable bonds is 3. The van der Waals surface area contributed by atoms with Gasteiger partial charge in [0.05, 0.1) is 0 Å². The molecule has 4 heteroatoms. The van der Waals surface area contributed by atoms with Gasteiger partial charge in [-0.1, -0.05) is 22.9 Å². The molecule has 1 atom stereocenters. The average Bonchev–Trinajstić information content (AvgIpc) is 2.34. The van der Waals surface area contributed by atoms with Crippen molar-refractivity contribution in [2.24, 2.45) is 0 Å². The van der Waals surface area contributed by atoms with Crippen LogP contribution in [0.25, 0.3) is 0 Å². The molecule has 0 aliphatic heterocycles. The van der Waals surface area contributed by atoms with Crippen LogP contribution >= 0.6 is 15.9 Å². The Morgan fingerprint density at radius 3 is 3.00 bits per heavy atom. The molecule has 3 nitrogen and oxygen atoms in total. The van der Waals surface area contributed by atoms with Gasteiger partial charge in [-0.3, -0.25) is 4.68 Å². The molecule has 0 fully saturated rings. The summed E-state index contributed by atoms with van der Waals surface area (Å²) in [5.74, 6) is 1.05. The van der Waals surface area contributed by atoms with E-state index in [0.29, 0.717) is 4.83 Å². The van der Waals surface area contributed by atoms with E-state index in [1.807, 2.05) is 4.68 Å². The molecule has 0 spiro atoms. The van der Waals surface area contributed by atoms with Gasteiger partial charge in [-0.15, -0.1) is 0 Å². The molecule has 62 valence electrons. The predicted molar refractivity (Wildman–Crippen MR) is 47.8 cm³/mol. The van der Waals surface area contributed by atoms with E-state index in [0.717, 1.165) is 18.8 Å². The summed E-state index contributed by atoms with van der Waals surface area (Å²) in [6, 6.07) is 0. The van der Waals surface area contributed by atoms with Crippen LogP contribution in [0.4, 0.5) is 0 Å². The van der Waals surface area contributed by atoms with Crippen LogP contribution < -0.4 is 0 Å². The summed E-state index contributed by atoms with van der Waals surface area (Å²) in [7, 11) is 0. The number of nitrogens with zero attached hydrogens (tertiary/aromatic N) is 3. The van der Waals surface area contributed by atoms with Gasteiger partial charge in [0.2, 0.25) is 0 Å². The van der Waals surface area contributed by atoms with Crippen molar-refractivity contribution < 1.29 is 0 Å². The van der Waals surface area contributed by atoms with E-state index in [9.17, 15) is 0 Å². The average molecular weight is 218 g/mol. The molecule has 1 aromatic heterocycles. The van der Waals surface area contributed by atoms with Gasteiger partial charge in [-0.2, -0.15) is 5.10 Å². The molecule has 0 saturated carbocycles. The second kappa shape index (κ2) is 3.85. The van der Waals surface area contributed by atoms with Gasteiger partial charge in [-0.05, 0) is 6.92 Å². The maximum atomic E-state index is 4.15. The first-order valence-electron chi connectivity index (χ1n) is 3.74.